The molecule has 3 heteroatoms. The van der Waals surface area contributed by atoms with Crippen molar-refractivity contribution < 1.29 is 14.3 Å². The van der Waals surface area contributed by atoms with E-state index in [9.17, 15) is 4.79 Å². The molecule has 1 aliphatic rings. The van der Waals surface area contributed by atoms with Gasteiger partial charge in [-0.25, -0.2) is 0 Å². The zero-order chi connectivity index (χ0) is 7.56. The van der Waals surface area contributed by atoms with Crippen LogP contribution < -0.4 is 0 Å². The second-order valence-electron chi connectivity index (χ2n) is 2.35. The fraction of sp³-hybridized carbons (Fsp3) is 0.714. The minimum atomic E-state index is -0.260. The van der Waals surface area contributed by atoms with Crippen LogP contribution in [0.3, 0.4) is 0 Å². The second kappa shape index (κ2) is 3.01. The highest BCUT2D eigenvalue weighted by Crippen LogP contribution is 2.15. The molecule has 1 saturated heterocycles. The van der Waals surface area contributed by atoms with Crippen molar-refractivity contribution >= 4 is 5.97 Å². The monoisotopic (exact) mass is 143 g/mol. The molecule has 1 heterocycles. The lowest BCUT2D eigenvalue weighted by Gasteiger charge is -2.12. The van der Waals surface area contributed by atoms with Crippen molar-refractivity contribution in [3.63, 3.8) is 0 Å². The van der Waals surface area contributed by atoms with Crippen LogP contribution in [0.25, 0.3) is 0 Å². The van der Waals surface area contributed by atoms with Crippen molar-refractivity contribution in [1.29, 1.82) is 0 Å². The van der Waals surface area contributed by atoms with Crippen molar-refractivity contribution in [3.05, 3.63) is 6.92 Å². The Balaban J connectivity index is 2.33. The molecule has 0 spiro atoms. The van der Waals surface area contributed by atoms with Crippen LogP contribution in [-0.4, -0.2) is 24.8 Å². The van der Waals surface area contributed by atoms with Gasteiger partial charge in [0.1, 0.15) is 6.10 Å². The number of esters is 1. The van der Waals surface area contributed by atoms with E-state index in [4.69, 9.17) is 9.47 Å². The summed E-state index contributed by atoms with van der Waals surface area (Å²) in [6.07, 6.45) is 0.467. The number of hydrogen-bond donors (Lipinski definition) is 0. The molecule has 0 bridgehead atoms. The van der Waals surface area contributed by atoms with Gasteiger partial charge in [-0.15, -0.1) is 0 Å². The molecule has 0 aliphatic carbocycles. The molecule has 0 saturated carbocycles. The van der Waals surface area contributed by atoms with Crippen LogP contribution in [0.5, 0.6) is 0 Å². The molecule has 1 rings (SSSR count). The molecule has 1 fully saturated rings. The average Bonchev–Trinajstić information content (AvgIpc) is 2.15. The summed E-state index contributed by atoms with van der Waals surface area (Å²) in [4.78, 5) is 10.4. The normalized spacial score (nSPS) is 32.2. The maximum Gasteiger partial charge on any atom is 0.302 e. The molecular formula is C7H11O3. The summed E-state index contributed by atoms with van der Waals surface area (Å²) in [6, 6.07) is 0. The summed E-state index contributed by atoms with van der Waals surface area (Å²) < 4.78 is 9.97. The Bertz CT molecular complexity index is 133. The fourth-order valence-corrected chi connectivity index (χ4v) is 0.977. The van der Waals surface area contributed by atoms with Crippen LogP contribution in [0.15, 0.2) is 0 Å². The first kappa shape index (κ1) is 7.54. The van der Waals surface area contributed by atoms with Gasteiger partial charge in [0.15, 0.2) is 0 Å². The molecule has 1 aliphatic heterocycles. The van der Waals surface area contributed by atoms with Gasteiger partial charge in [0, 0.05) is 13.3 Å². The molecule has 0 aromatic rings. The highest BCUT2D eigenvalue weighted by atomic mass is 16.6. The average molecular weight is 143 g/mol. The Morgan fingerprint density at radius 2 is 2.50 bits per heavy atom. The van der Waals surface area contributed by atoms with E-state index in [-0.39, 0.29) is 18.2 Å². The van der Waals surface area contributed by atoms with Crippen LogP contribution in [0.1, 0.15) is 13.3 Å². The Kier molecular flexibility index (Phi) is 2.27. The molecule has 3 nitrogen and oxygen atoms in total. The van der Waals surface area contributed by atoms with E-state index in [0.29, 0.717) is 6.61 Å². The quantitative estimate of drug-likeness (QED) is 0.502. The van der Waals surface area contributed by atoms with Gasteiger partial charge in [-0.1, -0.05) is 0 Å². The topological polar surface area (TPSA) is 35.5 Å². The zero-order valence-corrected chi connectivity index (χ0v) is 6.00. The number of carbonyl (C=O) groups excluding carboxylic acids is 1. The third-order valence-electron chi connectivity index (χ3n) is 1.47. The molecule has 0 unspecified atom stereocenters. The standard InChI is InChI=1S/C7H11O3/c1-5-7(3-4-9-5)10-6(2)8/h5,7H,1,3-4H2,2H3/t5-,7-/m1/s1. The van der Waals surface area contributed by atoms with Crippen LogP contribution in [0.4, 0.5) is 0 Å². The van der Waals surface area contributed by atoms with Crippen LogP contribution in [-0.2, 0) is 14.3 Å². The first-order chi connectivity index (χ1) is 4.70. The highest BCUT2D eigenvalue weighted by molar-refractivity contribution is 5.66. The fourth-order valence-electron chi connectivity index (χ4n) is 0.977. The summed E-state index contributed by atoms with van der Waals surface area (Å²) in [7, 11) is 0. The highest BCUT2D eigenvalue weighted by Gasteiger charge is 2.26. The maximum atomic E-state index is 10.4. The molecular weight excluding hydrogens is 132 g/mol. The number of carbonyl (C=O) groups is 1. The number of hydrogen-bond acceptors (Lipinski definition) is 3. The Morgan fingerprint density at radius 1 is 1.80 bits per heavy atom. The van der Waals surface area contributed by atoms with Crippen LogP contribution in [0.2, 0.25) is 0 Å². The summed E-state index contributed by atoms with van der Waals surface area (Å²) in [5.41, 5.74) is 0. The van der Waals surface area contributed by atoms with E-state index in [1.54, 1.807) is 0 Å². The largest absolute Gasteiger partial charge is 0.460 e. The van der Waals surface area contributed by atoms with Crippen molar-refractivity contribution in [3.8, 4) is 0 Å². The van der Waals surface area contributed by atoms with E-state index in [0.717, 1.165) is 6.42 Å². The van der Waals surface area contributed by atoms with E-state index in [1.165, 1.54) is 6.92 Å². The predicted octanol–water partition coefficient (Wildman–Crippen LogP) is 0.541. The smallest absolute Gasteiger partial charge is 0.302 e. The Hall–Kier alpha value is -0.570. The third kappa shape index (κ3) is 1.70. The van der Waals surface area contributed by atoms with Gasteiger partial charge in [0.2, 0.25) is 0 Å². The summed E-state index contributed by atoms with van der Waals surface area (Å²) in [5, 5.41) is 0. The van der Waals surface area contributed by atoms with Crippen molar-refractivity contribution in [2.24, 2.45) is 0 Å². The SMILES string of the molecule is [CH2][C@H]1OCC[C@H]1OC(C)=O. The number of ether oxygens (including phenoxy) is 2. The van der Waals surface area contributed by atoms with E-state index < -0.39 is 0 Å². The Labute approximate surface area is 60.3 Å². The van der Waals surface area contributed by atoms with Gasteiger partial charge in [0.05, 0.1) is 12.7 Å². The van der Waals surface area contributed by atoms with Crippen molar-refractivity contribution in [2.45, 2.75) is 25.6 Å². The van der Waals surface area contributed by atoms with Gasteiger partial charge >= 0.3 is 5.97 Å². The Morgan fingerprint density at radius 3 is 2.90 bits per heavy atom. The van der Waals surface area contributed by atoms with Crippen molar-refractivity contribution in [2.75, 3.05) is 6.61 Å². The number of rotatable bonds is 1. The summed E-state index contributed by atoms with van der Waals surface area (Å²) in [6.45, 7) is 5.71. The summed E-state index contributed by atoms with van der Waals surface area (Å²) >= 11 is 0. The van der Waals surface area contributed by atoms with E-state index >= 15 is 0 Å². The van der Waals surface area contributed by atoms with E-state index in [1.807, 2.05) is 0 Å². The van der Waals surface area contributed by atoms with Gasteiger partial charge in [-0.2, -0.15) is 0 Å². The van der Waals surface area contributed by atoms with Crippen LogP contribution >= 0.6 is 0 Å². The first-order valence-electron chi connectivity index (χ1n) is 3.32. The van der Waals surface area contributed by atoms with E-state index in [2.05, 4.69) is 6.92 Å². The molecule has 0 N–H and O–H groups in total. The zero-order valence-electron chi connectivity index (χ0n) is 6.00. The lowest BCUT2D eigenvalue weighted by atomic mass is 10.2. The first-order valence-corrected chi connectivity index (χ1v) is 3.32. The summed E-state index contributed by atoms with van der Waals surface area (Å²) in [5.74, 6) is -0.260. The maximum absolute atomic E-state index is 10.4. The lowest BCUT2D eigenvalue weighted by molar-refractivity contribution is -0.147. The lowest BCUT2D eigenvalue weighted by Crippen LogP contribution is -2.23. The molecule has 10 heavy (non-hydrogen) atoms. The van der Waals surface area contributed by atoms with Gasteiger partial charge < -0.3 is 9.47 Å². The second-order valence-corrected chi connectivity index (χ2v) is 2.35. The minimum absolute atomic E-state index is 0.127. The molecule has 1 radical (unpaired) electrons. The molecule has 57 valence electrons. The van der Waals surface area contributed by atoms with Gasteiger partial charge in [-0.3, -0.25) is 4.79 Å². The van der Waals surface area contributed by atoms with Gasteiger partial charge in [-0.05, 0) is 6.92 Å². The van der Waals surface area contributed by atoms with Gasteiger partial charge in [0.25, 0.3) is 0 Å². The van der Waals surface area contributed by atoms with Crippen LogP contribution in [0, 0.1) is 6.92 Å². The molecule has 0 aromatic heterocycles. The third-order valence-corrected chi connectivity index (χ3v) is 1.47. The molecule has 0 amide bonds. The minimum Gasteiger partial charge on any atom is -0.460 e. The molecule has 2 atom stereocenters. The van der Waals surface area contributed by atoms with Crippen molar-refractivity contribution in [1.82, 2.24) is 0 Å². The predicted molar refractivity (Wildman–Crippen MR) is 35.3 cm³/mol. The molecule has 0 aromatic carbocycles.